The molecule has 0 spiro atoms. The van der Waals surface area contributed by atoms with Crippen LogP contribution in [0.2, 0.25) is 5.02 Å². The molecule has 24 heavy (non-hydrogen) atoms. The topological polar surface area (TPSA) is 93.4 Å². The van der Waals surface area contributed by atoms with Gasteiger partial charge in [-0.15, -0.1) is 0 Å². The van der Waals surface area contributed by atoms with Gasteiger partial charge in [0.15, 0.2) is 9.84 Å². The van der Waals surface area contributed by atoms with Crippen LogP contribution in [0.15, 0.2) is 35.2 Å². The molecule has 0 amide bonds. The third-order valence-corrected chi connectivity index (χ3v) is 5.56. The number of carboxylic acid groups (broad SMARTS) is 1. The van der Waals surface area contributed by atoms with Crippen LogP contribution in [0.25, 0.3) is 0 Å². The number of carbonyl (C=O) groups excluding carboxylic acids is 1. The van der Waals surface area contributed by atoms with Gasteiger partial charge in [0.1, 0.15) is 5.69 Å². The number of carbonyl (C=O) groups is 2. The number of carboxylic acids is 1. The molecule has 0 fully saturated rings. The second kappa shape index (κ2) is 5.75. The van der Waals surface area contributed by atoms with Crippen LogP contribution in [0.5, 0.6) is 0 Å². The van der Waals surface area contributed by atoms with Gasteiger partial charge in [-0.1, -0.05) is 11.6 Å². The number of fused-ring (bicyclic) bond motifs is 1. The summed E-state index contributed by atoms with van der Waals surface area (Å²) in [6.07, 6.45) is 1.50. The van der Waals surface area contributed by atoms with Gasteiger partial charge in [-0.05, 0) is 36.8 Å². The standard InChI is InChI=1S/C16H14ClNO5S/c1-24(22,23)10-4-2-9(3-5-10)15(19)14-12(17)8-13-11(16(20)21)6-7-18(13)14/h2-5,8,11H,6-7H2,1H3,(H,20,21). The Morgan fingerprint density at radius 3 is 2.42 bits per heavy atom. The second-order valence-electron chi connectivity index (χ2n) is 5.72. The zero-order chi connectivity index (χ0) is 17.6. The summed E-state index contributed by atoms with van der Waals surface area (Å²) >= 11 is 6.15. The Kier molecular flexibility index (Phi) is 4.01. The van der Waals surface area contributed by atoms with E-state index in [2.05, 4.69) is 0 Å². The molecule has 1 N–H and O–H groups in total. The van der Waals surface area contributed by atoms with E-state index in [4.69, 9.17) is 11.6 Å². The molecule has 0 aliphatic carbocycles. The van der Waals surface area contributed by atoms with E-state index in [1.54, 1.807) is 4.57 Å². The van der Waals surface area contributed by atoms with Crippen LogP contribution in [-0.2, 0) is 21.2 Å². The fraction of sp³-hybridized carbons (Fsp3) is 0.250. The summed E-state index contributed by atoms with van der Waals surface area (Å²) in [5, 5.41) is 9.43. The number of aromatic nitrogens is 1. The predicted octanol–water partition coefficient (Wildman–Crippen LogP) is 2.35. The Hall–Kier alpha value is -2.12. The minimum absolute atomic E-state index is 0.122. The second-order valence-corrected chi connectivity index (χ2v) is 8.15. The monoisotopic (exact) mass is 367 g/mol. The summed E-state index contributed by atoms with van der Waals surface area (Å²) < 4.78 is 24.6. The lowest BCUT2D eigenvalue weighted by Crippen LogP contribution is -2.10. The average Bonchev–Trinajstić information content (AvgIpc) is 3.03. The molecule has 0 bridgehead atoms. The quantitative estimate of drug-likeness (QED) is 0.837. The lowest BCUT2D eigenvalue weighted by Gasteiger charge is -2.07. The molecule has 1 aromatic heterocycles. The number of hydrogen-bond donors (Lipinski definition) is 1. The normalized spacial score (nSPS) is 16.8. The highest BCUT2D eigenvalue weighted by Gasteiger charge is 2.34. The molecule has 2 heterocycles. The van der Waals surface area contributed by atoms with Crippen molar-refractivity contribution in [3.63, 3.8) is 0 Å². The Morgan fingerprint density at radius 1 is 1.25 bits per heavy atom. The van der Waals surface area contributed by atoms with E-state index in [1.807, 2.05) is 0 Å². The van der Waals surface area contributed by atoms with Gasteiger partial charge in [0, 0.05) is 24.1 Å². The zero-order valence-corrected chi connectivity index (χ0v) is 14.3. The highest BCUT2D eigenvalue weighted by Crippen LogP contribution is 2.36. The van der Waals surface area contributed by atoms with Crippen LogP contribution in [0, 0.1) is 0 Å². The van der Waals surface area contributed by atoms with Gasteiger partial charge in [-0.3, -0.25) is 9.59 Å². The molecule has 126 valence electrons. The molecule has 0 radical (unpaired) electrons. The Labute approximate surface area is 143 Å². The van der Waals surface area contributed by atoms with Crippen molar-refractivity contribution < 1.29 is 23.1 Å². The first-order valence-electron chi connectivity index (χ1n) is 7.16. The third-order valence-electron chi connectivity index (χ3n) is 4.14. The van der Waals surface area contributed by atoms with Gasteiger partial charge in [-0.2, -0.15) is 0 Å². The fourth-order valence-corrected chi connectivity index (χ4v) is 3.87. The Balaban J connectivity index is 2.00. The summed E-state index contributed by atoms with van der Waals surface area (Å²) in [6, 6.07) is 7.11. The molecule has 2 aromatic rings. The molecule has 1 aromatic carbocycles. The number of aliphatic carboxylic acids is 1. The maximum Gasteiger partial charge on any atom is 0.312 e. The van der Waals surface area contributed by atoms with E-state index in [1.165, 1.54) is 30.3 Å². The lowest BCUT2D eigenvalue weighted by atomic mass is 10.1. The molecular formula is C16H14ClNO5S. The molecule has 6 nitrogen and oxygen atoms in total. The largest absolute Gasteiger partial charge is 0.481 e. The van der Waals surface area contributed by atoms with E-state index < -0.39 is 21.7 Å². The van der Waals surface area contributed by atoms with Crippen LogP contribution in [0.4, 0.5) is 0 Å². The SMILES string of the molecule is CS(=O)(=O)c1ccc(C(=O)c2c(Cl)cc3n2CCC3C(=O)O)cc1. The van der Waals surface area contributed by atoms with Gasteiger partial charge in [0.05, 0.1) is 15.8 Å². The number of ketones is 1. The molecule has 1 unspecified atom stereocenters. The summed E-state index contributed by atoms with van der Waals surface area (Å²) in [5.74, 6) is -1.98. The fourth-order valence-electron chi connectivity index (χ4n) is 2.94. The summed E-state index contributed by atoms with van der Waals surface area (Å²) in [5.41, 5.74) is 1.05. The van der Waals surface area contributed by atoms with Crippen molar-refractivity contribution in [1.82, 2.24) is 4.57 Å². The number of halogens is 1. The van der Waals surface area contributed by atoms with Crippen LogP contribution in [0.1, 0.15) is 34.1 Å². The van der Waals surface area contributed by atoms with Gasteiger partial charge in [-0.25, -0.2) is 8.42 Å². The molecule has 0 saturated carbocycles. The predicted molar refractivity (Wildman–Crippen MR) is 87.4 cm³/mol. The van der Waals surface area contributed by atoms with Crippen molar-refractivity contribution in [3.8, 4) is 0 Å². The number of hydrogen-bond acceptors (Lipinski definition) is 4. The van der Waals surface area contributed by atoms with E-state index >= 15 is 0 Å². The van der Waals surface area contributed by atoms with E-state index in [0.717, 1.165) is 6.26 Å². The van der Waals surface area contributed by atoms with Crippen molar-refractivity contribution in [1.29, 1.82) is 0 Å². The van der Waals surface area contributed by atoms with E-state index in [-0.39, 0.29) is 21.4 Å². The molecule has 3 rings (SSSR count). The van der Waals surface area contributed by atoms with Crippen molar-refractivity contribution in [2.75, 3.05) is 6.26 Å². The Morgan fingerprint density at radius 2 is 1.88 bits per heavy atom. The van der Waals surface area contributed by atoms with Crippen molar-refractivity contribution >= 4 is 33.2 Å². The van der Waals surface area contributed by atoms with Crippen LogP contribution >= 0.6 is 11.6 Å². The number of benzene rings is 1. The molecule has 0 saturated heterocycles. The third kappa shape index (κ3) is 2.74. The molecule has 1 aliphatic rings. The average molecular weight is 368 g/mol. The molecule has 1 aliphatic heterocycles. The maximum atomic E-state index is 12.7. The first-order valence-corrected chi connectivity index (χ1v) is 9.43. The highest BCUT2D eigenvalue weighted by atomic mass is 35.5. The van der Waals surface area contributed by atoms with Crippen molar-refractivity contribution in [2.45, 2.75) is 23.8 Å². The molecule has 8 heteroatoms. The number of rotatable bonds is 4. The first kappa shape index (κ1) is 16.7. The van der Waals surface area contributed by atoms with Crippen molar-refractivity contribution in [3.05, 3.63) is 52.3 Å². The van der Waals surface area contributed by atoms with E-state index in [9.17, 15) is 23.1 Å². The lowest BCUT2D eigenvalue weighted by molar-refractivity contribution is -0.138. The smallest absolute Gasteiger partial charge is 0.312 e. The van der Waals surface area contributed by atoms with Crippen LogP contribution < -0.4 is 0 Å². The first-order chi connectivity index (χ1) is 11.2. The van der Waals surface area contributed by atoms with Gasteiger partial charge >= 0.3 is 5.97 Å². The number of nitrogens with zero attached hydrogens (tertiary/aromatic N) is 1. The minimum atomic E-state index is -3.34. The number of sulfone groups is 1. The van der Waals surface area contributed by atoms with Gasteiger partial charge in [0.2, 0.25) is 5.78 Å². The molecule has 1 atom stereocenters. The van der Waals surface area contributed by atoms with Crippen molar-refractivity contribution in [2.24, 2.45) is 0 Å². The maximum absolute atomic E-state index is 12.7. The summed E-state index contributed by atoms with van der Waals surface area (Å²) in [6.45, 7) is 0.404. The van der Waals surface area contributed by atoms with E-state index in [0.29, 0.717) is 24.2 Å². The van der Waals surface area contributed by atoms with Gasteiger partial charge in [0.25, 0.3) is 0 Å². The highest BCUT2D eigenvalue weighted by molar-refractivity contribution is 7.90. The summed E-state index contributed by atoms with van der Waals surface area (Å²) in [4.78, 5) is 24.1. The Bertz CT molecular complexity index is 944. The molecular weight excluding hydrogens is 354 g/mol. The minimum Gasteiger partial charge on any atom is -0.481 e. The van der Waals surface area contributed by atoms with Gasteiger partial charge < -0.3 is 9.67 Å². The van der Waals surface area contributed by atoms with Crippen LogP contribution in [0.3, 0.4) is 0 Å². The van der Waals surface area contributed by atoms with Crippen LogP contribution in [-0.4, -0.2) is 36.1 Å². The summed E-state index contributed by atoms with van der Waals surface area (Å²) in [7, 11) is -3.34. The zero-order valence-electron chi connectivity index (χ0n) is 12.7.